The van der Waals surface area contributed by atoms with Crippen LogP contribution < -0.4 is 5.32 Å². The van der Waals surface area contributed by atoms with E-state index in [1.54, 1.807) is 18.2 Å². The lowest BCUT2D eigenvalue weighted by Gasteiger charge is -2.04. The molecule has 0 saturated carbocycles. The topological polar surface area (TPSA) is 62.1 Å². The molecule has 0 aromatic heterocycles. The molecule has 1 aromatic carbocycles. The lowest BCUT2D eigenvalue weighted by molar-refractivity contribution is 0.0872. The molecule has 15 heavy (non-hydrogen) atoms. The van der Waals surface area contributed by atoms with E-state index in [-0.39, 0.29) is 12.6 Å². The van der Waals surface area contributed by atoms with Crippen LogP contribution in [0.3, 0.4) is 0 Å². The van der Waals surface area contributed by atoms with E-state index in [9.17, 15) is 4.79 Å². The highest BCUT2D eigenvalue weighted by atomic mass is 16.5. The van der Waals surface area contributed by atoms with Crippen LogP contribution in [0.25, 0.3) is 0 Å². The predicted molar refractivity (Wildman–Crippen MR) is 55.1 cm³/mol. The molecule has 4 heteroatoms. The number of hydrogen-bond donors (Lipinski definition) is 1. The molecule has 0 fully saturated rings. The third kappa shape index (κ3) is 3.41. The summed E-state index contributed by atoms with van der Waals surface area (Å²) in [5.74, 6) is -0.198. The van der Waals surface area contributed by atoms with Crippen molar-refractivity contribution in [3.63, 3.8) is 0 Å². The first-order valence-corrected chi connectivity index (χ1v) is 4.51. The van der Waals surface area contributed by atoms with Crippen molar-refractivity contribution in [1.82, 2.24) is 5.32 Å². The maximum Gasteiger partial charge on any atom is 0.253 e. The zero-order chi connectivity index (χ0) is 11.1. The summed E-state index contributed by atoms with van der Waals surface area (Å²) >= 11 is 0. The lowest BCUT2D eigenvalue weighted by Crippen LogP contribution is -2.25. The van der Waals surface area contributed by atoms with Crippen molar-refractivity contribution in [3.05, 3.63) is 35.4 Å². The van der Waals surface area contributed by atoms with E-state index >= 15 is 0 Å². The van der Waals surface area contributed by atoms with Crippen LogP contribution >= 0.6 is 0 Å². The fraction of sp³-hybridized carbons (Fsp3) is 0.273. The Morgan fingerprint density at radius 2 is 2.40 bits per heavy atom. The van der Waals surface area contributed by atoms with Gasteiger partial charge in [-0.3, -0.25) is 4.79 Å². The fourth-order valence-electron chi connectivity index (χ4n) is 1.15. The second-order valence-corrected chi connectivity index (χ2v) is 2.97. The van der Waals surface area contributed by atoms with Gasteiger partial charge in [-0.05, 0) is 17.7 Å². The standard InChI is InChI=1S/C11H12N2O2/c1-15-8-13-11(14)10-4-2-3-9(7-10)5-6-12/h2-4,7H,5,8H2,1H3,(H,13,14). The van der Waals surface area contributed by atoms with E-state index in [2.05, 4.69) is 5.32 Å². The number of carbonyl (C=O) groups is 1. The zero-order valence-corrected chi connectivity index (χ0v) is 8.49. The molecule has 1 aromatic rings. The van der Waals surface area contributed by atoms with Crippen LogP contribution in [-0.4, -0.2) is 19.7 Å². The first-order chi connectivity index (χ1) is 7.27. The van der Waals surface area contributed by atoms with Gasteiger partial charge in [-0.1, -0.05) is 12.1 Å². The van der Waals surface area contributed by atoms with E-state index in [1.807, 2.05) is 12.1 Å². The van der Waals surface area contributed by atoms with Gasteiger partial charge in [0.25, 0.3) is 5.91 Å². The van der Waals surface area contributed by atoms with Gasteiger partial charge < -0.3 is 10.1 Å². The summed E-state index contributed by atoms with van der Waals surface area (Å²) in [4.78, 5) is 11.5. The Bertz CT molecular complexity index is 382. The van der Waals surface area contributed by atoms with Crippen molar-refractivity contribution in [2.45, 2.75) is 6.42 Å². The Kier molecular flexibility index (Phi) is 4.32. The second kappa shape index (κ2) is 5.78. The van der Waals surface area contributed by atoms with Gasteiger partial charge in [0.15, 0.2) is 0 Å². The highest BCUT2D eigenvalue weighted by Gasteiger charge is 2.04. The Morgan fingerprint density at radius 3 is 3.07 bits per heavy atom. The third-order valence-electron chi connectivity index (χ3n) is 1.85. The van der Waals surface area contributed by atoms with Gasteiger partial charge in [-0.25, -0.2) is 0 Å². The summed E-state index contributed by atoms with van der Waals surface area (Å²) in [6.07, 6.45) is 0.311. The summed E-state index contributed by atoms with van der Waals surface area (Å²) in [7, 11) is 1.51. The first-order valence-electron chi connectivity index (χ1n) is 4.51. The molecule has 1 N–H and O–H groups in total. The first kappa shape index (κ1) is 11.2. The van der Waals surface area contributed by atoms with E-state index in [1.165, 1.54) is 7.11 Å². The van der Waals surface area contributed by atoms with Crippen molar-refractivity contribution in [2.75, 3.05) is 13.8 Å². The molecule has 0 bridgehead atoms. The van der Waals surface area contributed by atoms with Crippen molar-refractivity contribution in [3.8, 4) is 6.07 Å². The molecule has 0 heterocycles. The molecule has 4 nitrogen and oxygen atoms in total. The largest absolute Gasteiger partial charge is 0.364 e. The average Bonchev–Trinajstić information content (AvgIpc) is 2.27. The number of amides is 1. The van der Waals surface area contributed by atoms with Crippen LogP contribution in [0.1, 0.15) is 15.9 Å². The van der Waals surface area contributed by atoms with Crippen molar-refractivity contribution < 1.29 is 9.53 Å². The minimum atomic E-state index is -0.198. The molecule has 0 spiro atoms. The minimum absolute atomic E-state index is 0.182. The Morgan fingerprint density at radius 1 is 1.60 bits per heavy atom. The molecule has 1 rings (SSSR count). The molecular formula is C11H12N2O2. The summed E-state index contributed by atoms with van der Waals surface area (Å²) in [6.45, 7) is 0.182. The van der Waals surface area contributed by atoms with Gasteiger partial charge >= 0.3 is 0 Å². The number of carbonyl (C=O) groups excluding carboxylic acids is 1. The quantitative estimate of drug-likeness (QED) is 0.746. The molecule has 1 amide bonds. The normalized spacial score (nSPS) is 9.33. The predicted octanol–water partition coefficient (Wildman–Crippen LogP) is 1.09. The second-order valence-electron chi connectivity index (χ2n) is 2.97. The number of nitrogens with zero attached hydrogens (tertiary/aromatic N) is 1. The maximum absolute atomic E-state index is 11.5. The number of nitrogens with one attached hydrogen (secondary N) is 1. The van der Waals surface area contributed by atoms with Crippen LogP contribution in [-0.2, 0) is 11.2 Å². The fourth-order valence-corrected chi connectivity index (χ4v) is 1.15. The summed E-state index contributed by atoms with van der Waals surface area (Å²) in [5, 5.41) is 11.1. The van der Waals surface area contributed by atoms with Gasteiger partial charge in [0.1, 0.15) is 6.73 Å². The number of methoxy groups -OCH3 is 1. The Hall–Kier alpha value is -1.86. The van der Waals surface area contributed by atoms with Crippen molar-refractivity contribution >= 4 is 5.91 Å². The third-order valence-corrected chi connectivity index (χ3v) is 1.85. The molecule has 78 valence electrons. The smallest absolute Gasteiger partial charge is 0.253 e. The molecule has 0 atom stereocenters. The SMILES string of the molecule is COCNC(=O)c1cccc(CC#N)c1. The highest BCUT2D eigenvalue weighted by Crippen LogP contribution is 2.05. The van der Waals surface area contributed by atoms with Crippen LogP contribution in [0.4, 0.5) is 0 Å². The monoisotopic (exact) mass is 204 g/mol. The Balaban J connectivity index is 2.72. The van der Waals surface area contributed by atoms with E-state index < -0.39 is 0 Å². The number of nitriles is 1. The van der Waals surface area contributed by atoms with E-state index in [4.69, 9.17) is 10.00 Å². The van der Waals surface area contributed by atoms with Gasteiger partial charge in [-0.2, -0.15) is 5.26 Å². The van der Waals surface area contributed by atoms with Crippen molar-refractivity contribution in [2.24, 2.45) is 0 Å². The number of ether oxygens (including phenoxy) is 1. The molecule has 0 aliphatic carbocycles. The molecule has 0 aliphatic heterocycles. The maximum atomic E-state index is 11.5. The van der Waals surface area contributed by atoms with Gasteiger partial charge in [0, 0.05) is 12.7 Å². The minimum Gasteiger partial charge on any atom is -0.364 e. The molecule has 0 aliphatic rings. The summed E-state index contributed by atoms with van der Waals surface area (Å²) < 4.78 is 4.73. The number of rotatable bonds is 4. The summed E-state index contributed by atoms with van der Waals surface area (Å²) in [5.41, 5.74) is 1.38. The Labute approximate surface area is 88.5 Å². The number of hydrogen-bond acceptors (Lipinski definition) is 3. The van der Waals surface area contributed by atoms with Gasteiger partial charge in [0.05, 0.1) is 12.5 Å². The van der Waals surface area contributed by atoms with Crippen LogP contribution in [0.2, 0.25) is 0 Å². The molecular weight excluding hydrogens is 192 g/mol. The number of benzene rings is 1. The average molecular weight is 204 g/mol. The molecule has 0 saturated heterocycles. The summed E-state index contributed by atoms with van der Waals surface area (Å²) in [6, 6.07) is 9.01. The van der Waals surface area contributed by atoms with Crippen LogP contribution in [0, 0.1) is 11.3 Å². The van der Waals surface area contributed by atoms with Crippen LogP contribution in [0.15, 0.2) is 24.3 Å². The van der Waals surface area contributed by atoms with Gasteiger partial charge in [0.2, 0.25) is 0 Å². The van der Waals surface area contributed by atoms with Gasteiger partial charge in [-0.15, -0.1) is 0 Å². The molecule has 0 radical (unpaired) electrons. The molecule has 0 unspecified atom stereocenters. The lowest BCUT2D eigenvalue weighted by atomic mass is 10.1. The highest BCUT2D eigenvalue weighted by molar-refractivity contribution is 5.94. The van der Waals surface area contributed by atoms with E-state index in [0.29, 0.717) is 12.0 Å². The zero-order valence-electron chi connectivity index (χ0n) is 8.49. The van der Waals surface area contributed by atoms with Crippen LogP contribution in [0.5, 0.6) is 0 Å². The van der Waals surface area contributed by atoms with Crippen molar-refractivity contribution in [1.29, 1.82) is 5.26 Å². The van der Waals surface area contributed by atoms with E-state index in [0.717, 1.165) is 5.56 Å².